The molecule has 17 heteroatoms. The zero-order valence-corrected chi connectivity index (χ0v) is 25.3. The van der Waals surface area contributed by atoms with Gasteiger partial charge < -0.3 is 14.8 Å². The molecule has 0 atom stereocenters. The number of carbonyl (C=O) groups is 2. The first kappa shape index (κ1) is 33.5. The van der Waals surface area contributed by atoms with Crippen molar-refractivity contribution in [2.45, 2.75) is 33.0 Å². The molecule has 0 unspecified atom stereocenters. The van der Waals surface area contributed by atoms with E-state index in [1.165, 1.54) is 28.0 Å². The van der Waals surface area contributed by atoms with Crippen LogP contribution in [0.2, 0.25) is 0 Å². The summed E-state index contributed by atoms with van der Waals surface area (Å²) in [5.41, 5.74) is 3.38. The molecule has 0 radical (unpaired) electrons. The minimum absolute atomic E-state index is 0.0258. The minimum Gasteiger partial charge on any atom is -0.406 e. The Hall–Kier alpha value is -4.90. The third kappa shape index (κ3) is 8.68. The molecule has 2 heterocycles. The highest BCUT2D eigenvalue weighted by molar-refractivity contribution is 8.15. The van der Waals surface area contributed by atoms with Crippen molar-refractivity contribution < 1.29 is 45.4 Å². The Morgan fingerprint density at radius 3 is 2.45 bits per heavy atom. The van der Waals surface area contributed by atoms with Gasteiger partial charge in [-0.3, -0.25) is 9.69 Å². The second kappa shape index (κ2) is 13.4. The fraction of sp³-hybridized carbons (Fsp3) is 0.233. The van der Waals surface area contributed by atoms with Crippen LogP contribution in [0.4, 0.5) is 42.5 Å². The standard InChI is InChI=1S/C30H24F6N6O4S/c1-17-3-4-20(13-45-15-29(31,32)33)24(11-17)42-25(43)14-47-28(42)39-27(44)38-23-10-7-21(12-18(23)2)41-16-37-26(40-41)19-5-8-22(9-6-19)46-30(34,35)36/h3-12,16H,13-15H2,1-2H3,(H,38,44). The topological polar surface area (TPSA) is 111 Å². The minimum atomic E-state index is -4.81. The molecule has 4 aromatic rings. The van der Waals surface area contributed by atoms with E-state index in [9.17, 15) is 35.9 Å². The molecule has 47 heavy (non-hydrogen) atoms. The van der Waals surface area contributed by atoms with Crippen LogP contribution >= 0.6 is 11.8 Å². The van der Waals surface area contributed by atoms with Gasteiger partial charge in [0.25, 0.3) is 0 Å². The van der Waals surface area contributed by atoms with Gasteiger partial charge in [0.2, 0.25) is 5.91 Å². The van der Waals surface area contributed by atoms with Crippen LogP contribution in [0.25, 0.3) is 17.1 Å². The molecule has 1 N–H and O–H groups in total. The number of nitrogens with one attached hydrogen (secondary N) is 1. The Kier molecular flexibility index (Phi) is 9.58. The number of aliphatic imine (C=N–C) groups is 1. The van der Waals surface area contributed by atoms with Crippen molar-refractivity contribution in [1.29, 1.82) is 0 Å². The van der Waals surface area contributed by atoms with Crippen LogP contribution < -0.4 is 15.0 Å². The van der Waals surface area contributed by atoms with E-state index in [0.29, 0.717) is 28.1 Å². The van der Waals surface area contributed by atoms with E-state index in [1.807, 2.05) is 0 Å². The van der Waals surface area contributed by atoms with E-state index in [4.69, 9.17) is 4.74 Å². The molecule has 3 amide bonds. The number of nitrogens with zero attached hydrogens (tertiary/aromatic N) is 5. The van der Waals surface area contributed by atoms with Crippen LogP contribution in [0, 0.1) is 13.8 Å². The fourth-order valence-corrected chi connectivity index (χ4v) is 5.31. The lowest BCUT2D eigenvalue weighted by atomic mass is 10.1. The average molecular weight is 679 g/mol. The molecule has 1 fully saturated rings. The largest absolute Gasteiger partial charge is 0.573 e. The highest BCUT2D eigenvalue weighted by atomic mass is 32.2. The number of anilines is 2. The maximum atomic E-state index is 13.0. The predicted octanol–water partition coefficient (Wildman–Crippen LogP) is 7.20. The number of alkyl halides is 6. The summed E-state index contributed by atoms with van der Waals surface area (Å²) in [7, 11) is 0. The smallest absolute Gasteiger partial charge is 0.406 e. The first-order valence-electron chi connectivity index (χ1n) is 13.6. The lowest BCUT2D eigenvalue weighted by molar-refractivity contribution is -0.274. The van der Waals surface area contributed by atoms with Crippen LogP contribution in [0.5, 0.6) is 5.75 Å². The molecule has 1 aromatic heterocycles. The van der Waals surface area contributed by atoms with E-state index in [-0.39, 0.29) is 28.2 Å². The first-order chi connectivity index (χ1) is 22.1. The normalized spacial score (nSPS) is 14.6. The maximum Gasteiger partial charge on any atom is 0.573 e. The number of aromatic nitrogens is 3. The van der Waals surface area contributed by atoms with Crippen LogP contribution in [-0.4, -0.2) is 56.8 Å². The van der Waals surface area contributed by atoms with Gasteiger partial charge >= 0.3 is 18.6 Å². The van der Waals surface area contributed by atoms with Gasteiger partial charge in [0.1, 0.15) is 18.7 Å². The molecule has 0 spiro atoms. The summed E-state index contributed by atoms with van der Waals surface area (Å²) in [6, 6.07) is 14.1. The van der Waals surface area contributed by atoms with Gasteiger partial charge in [0, 0.05) is 16.8 Å². The molecule has 246 valence electrons. The highest BCUT2D eigenvalue weighted by Gasteiger charge is 2.33. The summed E-state index contributed by atoms with van der Waals surface area (Å²) in [4.78, 5) is 35.2. The van der Waals surface area contributed by atoms with E-state index in [0.717, 1.165) is 29.5 Å². The Labute approximate surface area is 267 Å². The van der Waals surface area contributed by atoms with Gasteiger partial charge in [-0.25, -0.2) is 14.5 Å². The van der Waals surface area contributed by atoms with Crippen molar-refractivity contribution in [2.24, 2.45) is 4.99 Å². The van der Waals surface area contributed by atoms with Crippen molar-refractivity contribution >= 4 is 40.2 Å². The van der Waals surface area contributed by atoms with Crippen molar-refractivity contribution in [3.8, 4) is 22.8 Å². The van der Waals surface area contributed by atoms with Crippen LogP contribution in [0.1, 0.15) is 16.7 Å². The fourth-order valence-electron chi connectivity index (χ4n) is 4.45. The molecule has 1 saturated heterocycles. The van der Waals surface area contributed by atoms with Crippen LogP contribution in [-0.2, 0) is 16.1 Å². The van der Waals surface area contributed by atoms with Gasteiger partial charge in [-0.05, 0) is 73.5 Å². The Balaban J connectivity index is 1.29. The van der Waals surface area contributed by atoms with E-state index < -0.39 is 37.7 Å². The molecular weight excluding hydrogens is 654 g/mol. The van der Waals surface area contributed by atoms with E-state index >= 15 is 0 Å². The summed E-state index contributed by atoms with van der Waals surface area (Å²) in [6.45, 7) is 1.61. The van der Waals surface area contributed by atoms with Gasteiger partial charge in [-0.2, -0.15) is 18.2 Å². The summed E-state index contributed by atoms with van der Waals surface area (Å²) in [5, 5.41) is 7.09. The second-order valence-corrected chi connectivity index (χ2v) is 11.1. The zero-order chi connectivity index (χ0) is 33.9. The Morgan fingerprint density at radius 2 is 1.77 bits per heavy atom. The van der Waals surface area contributed by atoms with Crippen molar-refractivity contribution in [1.82, 2.24) is 14.8 Å². The number of halogens is 6. The van der Waals surface area contributed by atoms with Gasteiger partial charge in [0.15, 0.2) is 11.0 Å². The van der Waals surface area contributed by atoms with Crippen molar-refractivity contribution in [2.75, 3.05) is 22.6 Å². The molecule has 0 saturated carbocycles. The lowest BCUT2D eigenvalue weighted by Crippen LogP contribution is -2.31. The number of carbonyl (C=O) groups excluding carboxylic acids is 2. The second-order valence-electron chi connectivity index (χ2n) is 10.2. The number of ether oxygens (including phenoxy) is 2. The Morgan fingerprint density at radius 1 is 1.02 bits per heavy atom. The number of rotatable bonds is 8. The number of thioether (sulfide) groups is 1. The van der Waals surface area contributed by atoms with Crippen LogP contribution in [0.15, 0.2) is 72.0 Å². The number of hydrogen-bond donors (Lipinski definition) is 1. The molecule has 1 aliphatic heterocycles. The predicted molar refractivity (Wildman–Crippen MR) is 162 cm³/mol. The van der Waals surface area contributed by atoms with Gasteiger partial charge in [0.05, 0.1) is 23.7 Å². The van der Waals surface area contributed by atoms with E-state index in [2.05, 4.69) is 25.1 Å². The van der Waals surface area contributed by atoms with Gasteiger partial charge in [-0.15, -0.1) is 18.3 Å². The van der Waals surface area contributed by atoms with E-state index in [1.54, 1.807) is 50.2 Å². The number of urea groups is 1. The lowest BCUT2D eigenvalue weighted by Gasteiger charge is -2.21. The third-order valence-electron chi connectivity index (χ3n) is 6.52. The monoisotopic (exact) mass is 678 g/mol. The number of amidine groups is 1. The van der Waals surface area contributed by atoms with Crippen molar-refractivity contribution in [3.63, 3.8) is 0 Å². The summed E-state index contributed by atoms with van der Waals surface area (Å²) < 4.78 is 85.3. The van der Waals surface area contributed by atoms with Crippen LogP contribution in [0.3, 0.4) is 0 Å². The molecule has 0 bridgehead atoms. The number of benzene rings is 3. The third-order valence-corrected chi connectivity index (χ3v) is 7.45. The molecule has 3 aromatic carbocycles. The molecule has 5 rings (SSSR count). The molecular formula is C30H24F6N6O4S. The molecule has 1 aliphatic rings. The molecule has 10 nitrogen and oxygen atoms in total. The quantitative estimate of drug-likeness (QED) is 0.196. The maximum absolute atomic E-state index is 13.0. The molecule has 0 aliphatic carbocycles. The number of hydrogen-bond acceptors (Lipinski definition) is 7. The Bertz CT molecular complexity index is 1820. The number of aryl methyl sites for hydroxylation is 2. The number of amides is 3. The SMILES string of the molecule is Cc1ccc(COCC(F)(F)F)c(N2C(=O)CSC2=NC(=O)Nc2ccc(-n3cnc(-c4ccc(OC(F)(F)F)cc4)n3)cc2C)c1. The zero-order valence-electron chi connectivity index (χ0n) is 24.5. The summed E-state index contributed by atoms with van der Waals surface area (Å²) in [6.07, 6.45) is -7.90. The summed E-state index contributed by atoms with van der Waals surface area (Å²) in [5.74, 6) is -0.546. The average Bonchev–Trinajstić information content (AvgIpc) is 3.61. The first-order valence-corrected chi connectivity index (χ1v) is 14.6. The highest BCUT2D eigenvalue weighted by Crippen LogP contribution is 2.32. The van der Waals surface area contributed by atoms with Gasteiger partial charge in [-0.1, -0.05) is 23.9 Å². The van der Waals surface area contributed by atoms with Crippen molar-refractivity contribution in [3.05, 3.63) is 83.7 Å². The summed E-state index contributed by atoms with van der Waals surface area (Å²) >= 11 is 1.01.